The van der Waals surface area contributed by atoms with Gasteiger partial charge in [-0.15, -0.1) is 0 Å². The lowest BCUT2D eigenvalue weighted by atomic mass is 10.3. The smallest absolute Gasteiger partial charge is 0.312 e. The van der Waals surface area contributed by atoms with Crippen LogP contribution < -0.4 is 21.9 Å². The highest BCUT2D eigenvalue weighted by Crippen LogP contribution is 2.09. The molecule has 4 N–H and O–H groups in total. The molecule has 1 aromatic heterocycles. The van der Waals surface area contributed by atoms with Crippen molar-refractivity contribution in [3.63, 3.8) is 0 Å². The molecule has 0 spiro atoms. The van der Waals surface area contributed by atoms with Crippen molar-refractivity contribution in [1.29, 1.82) is 0 Å². The molecule has 8 heteroatoms. The number of H-pyrrole nitrogens is 2. The molecule has 2 rings (SSSR count). The number of aromatic nitrogens is 2. The predicted octanol–water partition coefficient (Wildman–Crippen LogP) is 0.846. The molecular formula is C11H9FN4O3. The second-order valence-corrected chi connectivity index (χ2v) is 3.58. The van der Waals surface area contributed by atoms with Gasteiger partial charge in [0.2, 0.25) is 0 Å². The quantitative estimate of drug-likeness (QED) is 0.645. The van der Waals surface area contributed by atoms with Crippen LogP contribution in [0.25, 0.3) is 0 Å². The second kappa shape index (κ2) is 5.17. The van der Waals surface area contributed by atoms with Gasteiger partial charge in [-0.1, -0.05) is 6.07 Å². The molecule has 0 saturated carbocycles. The van der Waals surface area contributed by atoms with Crippen LogP contribution in [0.3, 0.4) is 0 Å². The Balaban J connectivity index is 2.09. The highest BCUT2D eigenvalue weighted by molar-refractivity contribution is 5.99. The summed E-state index contributed by atoms with van der Waals surface area (Å²) in [6.45, 7) is 0. The third-order valence-electron chi connectivity index (χ3n) is 2.15. The standard InChI is InChI=1S/C11H9FN4O3/c12-6-2-1-3-7(4-6)14-11(19)15-8-5-13-10(18)16-9(8)17/h1-5H,(H2,14,15,19)(H2,13,16,17,18). The predicted molar refractivity (Wildman–Crippen MR) is 66.7 cm³/mol. The van der Waals surface area contributed by atoms with E-state index in [2.05, 4.69) is 15.6 Å². The number of hydrogen-bond donors (Lipinski definition) is 4. The fraction of sp³-hybridized carbons (Fsp3) is 0. The Labute approximate surface area is 105 Å². The Morgan fingerprint density at radius 2 is 2.00 bits per heavy atom. The Bertz CT molecular complexity index is 722. The fourth-order valence-corrected chi connectivity index (χ4v) is 1.35. The van der Waals surface area contributed by atoms with Crippen molar-refractivity contribution < 1.29 is 9.18 Å². The van der Waals surface area contributed by atoms with Crippen LogP contribution in [0, 0.1) is 5.82 Å². The van der Waals surface area contributed by atoms with Crippen LogP contribution in [-0.2, 0) is 0 Å². The van der Waals surface area contributed by atoms with Gasteiger partial charge in [0.15, 0.2) is 0 Å². The van der Waals surface area contributed by atoms with E-state index < -0.39 is 23.1 Å². The number of halogens is 1. The van der Waals surface area contributed by atoms with E-state index in [9.17, 15) is 18.8 Å². The number of carbonyl (C=O) groups is 1. The summed E-state index contributed by atoms with van der Waals surface area (Å²) in [4.78, 5) is 37.8. The first kappa shape index (κ1) is 12.6. The summed E-state index contributed by atoms with van der Waals surface area (Å²) in [5, 5.41) is 4.56. The van der Waals surface area contributed by atoms with Gasteiger partial charge in [0.25, 0.3) is 5.56 Å². The van der Waals surface area contributed by atoms with E-state index >= 15 is 0 Å². The van der Waals surface area contributed by atoms with Crippen LogP contribution in [0.15, 0.2) is 40.1 Å². The molecule has 0 aliphatic carbocycles. The van der Waals surface area contributed by atoms with Gasteiger partial charge in [0.05, 0.1) is 0 Å². The molecule has 0 fully saturated rings. The molecule has 0 unspecified atom stereocenters. The number of rotatable bonds is 2. The number of benzene rings is 1. The van der Waals surface area contributed by atoms with Crippen molar-refractivity contribution in [3.8, 4) is 0 Å². The van der Waals surface area contributed by atoms with Crippen molar-refractivity contribution in [2.45, 2.75) is 0 Å². The molecular weight excluding hydrogens is 255 g/mol. The van der Waals surface area contributed by atoms with E-state index in [4.69, 9.17) is 0 Å². The minimum Gasteiger partial charge on any atom is -0.312 e. The maximum absolute atomic E-state index is 12.9. The van der Waals surface area contributed by atoms with Gasteiger partial charge in [-0.3, -0.25) is 9.78 Å². The molecule has 7 nitrogen and oxygen atoms in total. The topological polar surface area (TPSA) is 107 Å². The van der Waals surface area contributed by atoms with E-state index in [1.54, 1.807) is 0 Å². The van der Waals surface area contributed by atoms with Gasteiger partial charge in [0, 0.05) is 11.9 Å². The molecule has 0 saturated heterocycles. The molecule has 0 bridgehead atoms. The monoisotopic (exact) mass is 264 g/mol. The average Bonchev–Trinajstić information content (AvgIpc) is 2.33. The van der Waals surface area contributed by atoms with Crippen molar-refractivity contribution in [3.05, 3.63) is 57.1 Å². The summed E-state index contributed by atoms with van der Waals surface area (Å²) in [5.74, 6) is -0.500. The maximum atomic E-state index is 12.9. The molecule has 0 aliphatic rings. The van der Waals surface area contributed by atoms with Gasteiger partial charge < -0.3 is 15.6 Å². The first-order chi connectivity index (χ1) is 9.04. The van der Waals surface area contributed by atoms with Crippen LogP contribution in [0.5, 0.6) is 0 Å². The normalized spacial score (nSPS) is 9.95. The molecule has 0 atom stereocenters. The molecule has 2 aromatic rings. The fourth-order valence-electron chi connectivity index (χ4n) is 1.35. The number of urea groups is 1. The zero-order chi connectivity index (χ0) is 13.8. The molecule has 1 aromatic carbocycles. The molecule has 1 heterocycles. The van der Waals surface area contributed by atoms with E-state index in [0.717, 1.165) is 12.3 Å². The third kappa shape index (κ3) is 3.28. The Morgan fingerprint density at radius 1 is 1.21 bits per heavy atom. The van der Waals surface area contributed by atoms with Crippen molar-refractivity contribution >= 4 is 17.4 Å². The minimum absolute atomic E-state index is 0.131. The number of carbonyl (C=O) groups excluding carboxylic acids is 1. The molecule has 0 radical (unpaired) electrons. The summed E-state index contributed by atoms with van der Waals surface area (Å²) >= 11 is 0. The van der Waals surface area contributed by atoms with Crippen LogP contribution in [0.1, 0.15) is 0 Å². The van der Waals surface area contributed by atoms with E-state index in [-0.39, 0.29) is 11.4 Å². The van der Waals surface area contributed by atoms with Gasteiger partial charge >= 0.3 is 11.7 Å². The van der Waals surface area contributed by atoms with Crippen LogP contribution >= 0.6 is 0 Å². The Morgan fingerprint density at radius 3 is 2.68 bits per heavy atom. The summed E-state index contributed by atoms with van der Waals surface area (Å²) in [5.41, 5.74) is -1.31. The number of nitrogens with one attached hydrogen (secondary N) is 4. The van der Waals surface area contributed by atoms with Gasteiger partial charge in [-0.05, 0) is 18.2 Å². The summed E-state index contributed by atoms with van der Waals surface area (Å²) < 4.78 is 12.9. The zero-order valence-electron chi connectivity index (χ0n) is 9.49. The molecule has 2 amide bonds. The molecule has 98 valence electrons. The minimum atomic E-state index is -0.738. The number of anilines is 2. The van der Waals surface area contributed by atoms with Crippen LogP contribution in [0.2, 0.25) is 0 Å². The van der Waals surface area contributed by atoms with Crippen molar-refractivity contribution in [2.75, 3.05) is 10.6 Å². The van der Waals surface area contributed by atoms with Gasteiger partial charge in [0.1, 0.15) is 11.5 Å². The summed E-state index contributed by atoms with van der Waals surface area (Å²) in [6, 6.07) is 4.53. The van der Waals surface area contributed by atoms with E-state index in [0.29, 0.717) is 0 Å². The molecule has 0 aliphatic heterocycles. The lowest BCUT2D eigenvalue weighted by Crippen LogP contribution is -2.28. The van der Waals surface area contributed by atoms with Crippen LogP contribution in [-0.4, -0.2) is 16.0 Å². The Hall–Kier alpha value is -2.90. The zero-order valence-corrected chi connectivity index (χ0v) is 9.49. The van der Waals surface area contributed by atoms with Crippen molar-refractivity contribution in [1.82, 2.24) is 9.97 Å². The third-order valence-corrected chi connectivity index (χ3v) is 2.15. The SMILES string of the molecule is O=C(Nc1cccc(F)c1)Nc1c[nH]c(=O)[nH]c1=O. The lowest BCUT2D eigenvalue weighted by molar-refractivity contribution is 0.262. The van der Waals surface area contributed by atoms with Gasteiger partial charge in [-0.2, -0.15) is 0 Å². The van der Waals surface area contributed by atoms with E-state index in [1.807, 2.05) is 4.98 Å². The first-order valence-electron chi connectivity index (χ1n) is 5.20. The number of hydrogen-bond acceptors (Lipinski definition) is 3. The highest BCUT2D eigenvalue weighted by atomic mass is 19.1. The number of aromatic amines is 2. The largest absolute Gasteiger partial charge is 0.325 e. The second-order valence-electron chi connectivity index (χ2n) is 3.58. The number of amides is 2. The van der Waals surface area contributed by atoms with Crippen LogP contribution in [0.4, 0.5) is 20.6 Å². The first-order valence-corrected chi connectivity index (χ1v) is 5.20. The van der Waals surface area contributed by atoms with Gasteiger partial charge in [-0.25, -0.2) is 14.0 Å². The van der Waals surface area contributed by atoms with Crippen molar-refractivity contribution in [2.24, 2.45) is 0 Å². The molecule has 19 heavy (non-hydrogen) atoms. The van der Waals surface area contributed by atoms with E-state index in [1.165, 1.54) is 18.2 Å². The summed E-state index contributed by atoms with van der Waals surface area (Å²) in [7, 11) is 0. The maximum Gasteiger partial charge on any atom is 0.325 e. The Kier molecular flexibility index (Phi) is 3.42. The highest BCUT2D eigenvalue weighted by Gasteiger charge is 2.06. The summed E-state index contributed by atoms with van der Waals surface area (Å²) in [6.07, 6.45) is 1.06. The average molecular weight is 264 g/mol. The lowest BCUT2D eigenvalue weighted by Gasteiger charge is -2.06.